The van der Waals surface area contributed by atoms with Crippen molar-refractivity contribution < 1.29 is 9.90 Å². The Morgan fingerprint density at radius 3 is 2.72 bits per heavy atom. The number of ketones is 1. The molecule has 0 aromatic heterocycles. The third-order valence-electron chi connectivity index (χ3n) is 6.60. The Bertz CT molecular complexity index is 798. The molecule has 1 aliphatic carbocycles. The Labute approximate surface area is 174 Å². The zero-order valence-electron chi connectivity index (χ0n) is 17.6. The zero-order chi connectivity index (χ0) is 20.2. The maximum atomic E-state index is 11.4. The van der Waals surface area contributed by atoms with Crippen LogP contribution in [0.5, 0.6) is 0 Å². The van der Waals surface area contributed by atoms with E-state index in [1.807, 2.05) is 0 Å². The third-order valence-corrected chi connectivity index (χ3v) is 6.60. The van der Waals surface area contributed by atoms with Crippen LogP contribution in [0.3, 0.4) is 0 Å². The summed E-state index contributed by atoms with van der Waals surface area (Å²) in [4.78, 5) is 16.1. The van der Waals surface area contributed by atoms with Crippen LogP contribution in [-0.4, -0.2) is 59.5 Å². The average Bonchev–Trinajstić information content (AvgIpc) is 2.82. The molecular weight excluding hydrogens is 360 g/mol. The summed E-state index contributed by atoms with van der Waals surface area (Å²) in [7, 11) is 0. The van der Waals surface area contributed by atoms with Crippen molar-refractivity contribution in [3.05, 3.63) is 58.8 Å². The third kappa shape index (κ3) is 5.37. The summed E-state index contributed by atoms with van der Waals surface area (Å²) >= 11 is 0. The normalized spacial score (nSPS) is 23.0. The van der Waals surface area contributed by atoms with Gasteiger partial charge in [-0.2, -0.15) is 0 Å². The minimum Gasteiger partial charge on any atom is -0.393 e. The molecule has 4 nitrogen and oxygen atoms in total. The molecule has 3 aliphatic rings. The van der Waals surface area contributed by atoms with E-state index < -0.39 is 0 Å². The average molecular weight is 395 g/mol. The van der Waals surface area contributed by atoms with Crippen LogP contribution in [0, 0.1) is 5.92 Å². The van der Waals surface area contributed by atoms with Crippen LogP contribution in [0.4, 0.5) is 0 Å². The maximum Gasteiger partial charge on any atom is 0.143 e. The predicted molar refractivity (Wildman–Crippen MR) is 117 cm³/mol. The molecule has 1 aromatic rings. The van der Waals surface area contributed by atoms with E-state index in [-0.39, 0.29) is 11.9 Å². The number of aliphatic hydroxyl groups excluding tert-OH is 1. The summed E-state index contributed by atoms with van der Waals surface area (Å²) in [6.45, 7) is 6.34. The summed E-state index contributed by atoms with van der Waals surface area (Å²) < 4.78 is 0. The smallest absolute Gasteiger partial charge is 0.143 e. The molecule has 0 saturated carbocycles. The summed E-state index contributed by atoms with van der Waals surface area (Å²) in [6, 6.07) is 6.82. The summed E-state index contributed by atoms with van der Waals surface area (Å²) in [5, 5.41) is 10.7. The van der Waals surface area contributed by atoms with E-state index in [2.05, 4.69) is 46.2 Å². The lowest BCUT2D eigenvalue weighted by molar-refractivity contribution is -0.118. The number of carbonyl (C=O) groups excluding carboxylic acids is 1. The molecule has 156 valence electrons. The Hall–Kier alpha value is -1.91. The van der Waals surface area contributed by atoms with Crippen LogP contribution in [0.15, 0.2) is 42.1 Å². The minimum atomic E-state index is -0.303. The largest absolute Gasteiger partial charge is 0.393 e. The molecule has 0 amide bonds. The number of rotatable bonds is 7. The van der Waals surface area contributed by atoms with Gasteiger partial charge in [-0.15, -0.1) is 0 Å². The lowest BCUT2D eigenvalue weighted by Crippen LogP contribution is -2.39. The number of piperidine rings is 1. The summed E-state index contributed by atoms with van der Waals surface area (Å²) in [5.74, 6) is 0.732. The number of allylic oxidation sites excluding steroid dienone is 3. The second-order valence-electron chi connectivity index (χ2n) is 9.08. The van der Waals surface area contributed by atoms with Gasteiger partial charge in [0.1, 0.15) is 5.78 Å². The van der Waals surface area contributed by atoms with Crippen LogP contribution in [0.25, 0.3) is 0 Å². The maximum absolute atomic E-state index is 11.4. The number of Topliss-reactive ketones (excluding diaryl/α,β-unsaturated/α-hetero) is 1. The van der Waals surface area contributed by atoms with Crippen LogP contribution in [0.2, 0.25) is 0 Å². The van der Waals surface area contributed by atoms with Gasteiger partial charge in [0.05, 0.1) is 12.6 Å². The molecule has 4 rings (SSSR count). The van der Waals surface area contributed by atoms with Gasteiger partial charge in [0.2, 0.25) is 0 Å². The number of hydrogen-bond donors (Lipinski definition) is 1. The van der Waals surface area contributed by atoms with Gasteiger partial charge in [-0.25, -0.2) is 0 Å². The number of likely N-dealkylation sites (tertiary alicyclic amines) is 1. The Kier molecular flexibility index (Phi) is 6.51. The van der Waals surface area contributed by atoms with Crippen molar-refractivity contribution in [2.45, 2.75) is 51.6 Å². The molecule has 1 saturated heterocycles. The topological polar surface area (TPSA) is 43.8 Å². The molecule has 2 aliphatic heterocycles. The van der Waals surface area contributed by atoms with Crippen molar-refractivity contribution in [1.29, 1.82) is 0 Å². The molecule has 4 heteroatoms. The highest BCUT2D eigenvalue weighted by atomic mass is 16.3. The highest BCUT2D eigenvalue weighted by molar-refractivity contribution is 5.77. The molecule has 2 heterocycles. The molecule has 2 unspecified atom stereocenters. The number of fused-ring (bicyclic) bond motifs is 1. The van der Waals surface area contributed by atoms with E-state index >= 15 is 0 Å². The monoisotopic (exact) mass is 394 g/mol. The number of aliphatic hydroxyl groups is 1. The van der Waals surface area contributed by atoms with Crippen molar-refractivity contribution in [1.82, 2.24) is 9.80 Å². The van der Waals surface area contributed by atoms with Crippen molar-refractivity contribution in [3.63, 3.8) is 0 Å². The predicted octanol–water partition coefficient (Wildman–Crippen LogP) is 3.14. The van der Waals surface area contributed by atoms with Crippen molar-refractivity contribution in [2.24, 2.45) is 5.92 Å². The standard InChI is InChI=1S/C25H34N2O2/c1-19(28)17-26-11-3-4-21(18-26)16-25(29)15-20-7-8-22-9-12-27(24-5-2-6-24)13-10-23(22)14-20/h2,5-8,14,21,25,29H,3-4,9-13,15-18H2,1H3. The minimum absolute atomic E-state index is 0.236. The first kappa shape index (κ1) is 20.4. The van der Waals surface area contributed by atoms with Gasteiger partial charge < -0.3 is 10.0 Å². The lowest BCUT2D eigenvalue weighted by atomic mass is 9.89. The van der Waals surface area contributed by atoms with E-state index in [4.69, 9.17) is 0 Å². The van der Waals surface area contributed by atoms with Gasteiger partial charge in [-0.1, -0.05) is 24.3 Å². The van der Waals surface area contributed by atoms with E-state index in [9.17, 15) is 9.90 Å². The highest BCUT2D eigenvalue weighted by Crippen LogP contribution is 2.25. The van der Waals surface area contributed by atoms with Crippen LogP contribution in [-0.2, 0) is 24.1 Å². The fourth-order valence-electron chi connectivity index (χ4n) is 5.10. The van der Waals surface area contributed by atoms with Crippen molar-refractivity contribution in [2.75, 3.05) is 32.7 Å². The second-order valence-corrected chi connectivity index (χ2v) is 9.08. The van der Waals surface area contributed by atoms with Gasteiger partial charge >= 0.3 is 0 Å². The second kappa shape index (κ2) is 9.27. The van der Waals surface area contributed by atoms with Gasteiger partial charge in [-0.05, 0) is 86.8 Å². The van der Waals surface area contributed by atoms with Crippen molar-refractivity contribution >= 4 is 5.78 Å². The molecule has 29 heavy (non-hydrogen) atoms. The van der Waals surface area contributed by atoms with Gasteiger partial charge in [0, 0.05) is 25.3 Å². The molecular formula is C25H34N2O2. The number of nitrogens with zero attached hydrogens (tertiary/aromatic N) is 2. The zero-order valence-corrected chi connectivity index (χ0v) is 17.6. The van der Waals surface area contributed by atoms with Crippen LogP contribution in [0.1, 0.15) is 42.9 Å². The fraction of sp³-hybridized carbons (Fsp3) is 0.560. The van der Waals surface area contributed by atoms with E-state index in [1.165, 1.54) is 22.4 Å². The molecule has 2 atom stereocenters. The molecule has 1 fully saturated rings. The molecule has 1 aromatic carbocycles. The highest BCUT2D eigenvalue weighted by Gasteiger charge is 2.23. The van der Waals surface area contributed by atoms with Crippen LogP contribution >= 0.6 is 0 Å². The quantitative estimate of drug-likeness (QED) is 0.772. The van der Waals surface area contributed by atoms with Crippen LogP contribution < -0.4 is 0 Å². The Morgan fingerprint density at radius 1 is 1.21 bits per heavy atom. The number of carbonyl (C=O) groups is 1. The van der Waals surface area contributed by atoms with E-state index in [0.717, 1.165) is 64.7 Å². The summed E-state index contributed by atoms with van der Waals surface area (Å²) in [5.41, 5.74) is 5.52. The fourth-order valence-corrected chi connectivity index (χ4v) is 5.10. The molecule has 0 radical (unpaired) electrons. The van der Waals surface area contributed by atoms with E-state index in [1.54, 1.807) is 6.92 Å². The Balaban J connectivity index is 1.30. The first-order valence-corrected chi connectivity index (χ1v) is 11.2. The number of benzene rings is 1. The SMILES string of the molecule is CC(=O)CN1CCCC(CC(O)Cc2ccc3c(c2)CCN(C2=CC=C2)CC3)C1. The Morgan fingerprint density at radius 2 is 2.00 bits per heavy atom. The molecule has 0 bridgehead atoms. The van der Waals surface area contributed by atoms with Gasteiger partial charge in [0.25, 0.3) is 0 Å². The molecule has 0 spiro atoms. The van der Waals surface area contributed by atoms with Gasteiger partial charge in [-0.3, -0.25) is 9.69 Å². The summed E-state index contributed by atoms with van der Waals surface area (Å²) in [6.07, 6.45) is 12.2. The first-order chi connectivity index (χ1) is 14.1. The number of hydrogen-bond acceptors (Lipinski definition) is 4. The van der Waals surface area contributed by atoms with E-state index in [0.29, 0.717) is 12.5 Å². The van der Waals surface area contributed by atoms with Crippen molar-refractivity contribution in [3.8, 4) is 0 Å². The molecule has 1 N–H and O–H groups in total. The first-order valence-electron chi connectivity index (χ1n) is 11.2. The van der Waals surface area contributed by atoms with Gasteiger partial charge in [0.15, 0.2) is 0 Å². The lowest BCUT2D eigenvalue weighted by Gasteiger charge is -2.33.